The quantitative estimate of drug-likeness (QED) is 0.630. The number of pyridine rings is 1. The second-order valence-corrected chi connectivity index (χ2v) is 7.73. The highest BCUT2D eigenvalue weighted by molar-refractivity contribution is 5.72. The van der Waals surface area contributed by atoms with E-state index < -0.39 is 12.1 Å². The summed E-state index contributed by atoms with van der Waals surface area (Å²) >= 11 is 0. The van der Waals surface area contributed by atoms with Crippen LogP contribution in [0.5, 0.6) is 0 Å². The lowest BCUT2D eigenvalue weighted by molar-refractivity contribution is 0.110. The molecule has 5 atom stereocenters. The van der Waals surface area contributed by atoms with Gasteiger partial charge in [0.2, 0.25) is 11.9 Å². The number of aliphatic hydroxyl groups excluding tert-OH is 1. The summed E-state index contributed by atoms with van der Waals surface area (Å²) in [4.78, 5) is 12.7. The molecule has 0 spiro atoms. The number of aromatic nitrogens is 3. The van der Waals surface area contributed by atoms with E-state index in [0.29, 0.717) is 41.3 Å². The number of fused-ring (bicyclic) bond motifs is 2. The zero-order valence-electron chi connectivity index (χ0n) is 15.8. The predicted octanol–water partition coefficient (Wildman–Crippen LogP) is 3.41. The number of nitrogens with one attached hydrogen (secondary N) is 2. The highest BCUT2D eigenvalue weighted by atomic mass is 19.1. The third kappa shape index (κ3) is 3.92. The van der Waals surface area contributed by atoms with Crippen LogP contribution in [0.2, 0.25) is 0 Å². The van der Waals surface area contributed by atoms with E-state index in [2.05, 4.69) is 25.6 Å². The van der Waals surface area contributed by atoms with Gasteiger partial charge in [-0.25, -0.2) is 14.4 Å². The van der Waals surface area contributed by atoms with Gasteiger partial charge in [0.1, 0.15) is 12.0 Å². The van der Waals surface area contributed by atoms with E-state index in [4.69, 9.17) is 0 Å². The number of aliphatic hydroxyl groups is 1. The van der Waals surface area contributed by atoms with Crippen LogP contribution in [0, 0.1) is 17.8 Å². The molecule has 2 heterocycles. The maximum Gasteiger partial charge on any atom is 0.224 e. The van der Waals surface area contributed by atoms with Gasteiger partial charge in [-0.2, -0.15) is 9.37 Å². The molecule has 2 saturated carbocycles. The molecule has 8 heteroatoms. The van der Waals surface area contributed by atoms with Crippen LogP contribution in [0.15, 0.2) is 24.4 Å². The number of halogens is 2. The van der Waals surface area contributed by atoms with Gasteiger partial charge in [0.25, 0.3) is 0 Å². The SMILES string of the molecule is CC[C@H](F)CNc1ncc(-c2cccc(F)n2)c(NC2CC3CC2CC3O)n1. The van der Waals surface area contributed by atoms with Gasteiger partial charge in [0.15, 0.2) is 0 Å². The first-order valence-corrected chi connectivity index (χ1v) is 9.86. The topological polar surface area (TPSA) is 83.0 Å². The molecular weight excluding hydrogens is 364 g/mol. The van der Waals surface area contributed by atoms with Crippen LogP contribution in [-0.2, 0) is 0 Å². The van der Waals surface area contributed by atoms with Crippen LogP contribution in [0.4, 0.5) is 20.5 Å². The van der Waals surface area contributed by atoms with Crippen molar-refractivity contribution in [3.05, 3.63) is 30.3 Å². The minimum atomic E-state index is -0.975. The number of hydrogen-bond donors (Lipinski definition) is 3. The zero-order valence-corrected chi connectivity index (χ0v) is 15.8. The van der Waals surface area contributed by atoms with E-state index in [1.807, 2.05) is 0 Å². The fraction of sp³-hybridized carbons (Fsp3) is 0.550. The van der Waals surface area contributed by atoms with Gasteiger partial charge < -0.3 is 15.7 Å². The van der Waals surface area contributed by atoms with Gasteiger partial charge in [-0.05, 0) is 49.7 Å². The molecule has 6 nitrogen and oxygen atoms in total. The predicted molar refractivity (Wildman–Crippen MR) is 103 cm³/mol. The standard InChI is InChI=1S/C20H25F2N5O/c1-2-13(21)9-23-20-24-10-14(15-4-3-5-18(22)25-15)19(27-20)26-16-7-12-6-11(16)8-17(12)28/h3-5,10-13,16-17,28H,2,6-9H2,1H3,(H2,23,24,26,27)/t11?,12?,13-,16?,17?/m0/s1. The average molecular weight is 389 g/mol. The van der Waals surface area contributed by atoms with Crippen molar-refractivity contribution in [2.45, 2.75) is 50.9 Å². The summed E-state index contributed by atoms with van der Waals surface area (Å²) in [6, 6.07) is 4.78. The van der Waals surface area contributed by atoms with Crippen molar-refractivity contribution < 1.29 is 13.9 Å². The lowest BCUT2D eigenvalue weighted by atomic mass is 9.93. The van der Waals surface area contributed by atoms with Crippen molar-refractivity contribution in [3.8, 4) is 11.3 Å². The average Bonchev–Trinajstić information content (AvgIpc) is 3.25. The van der Waals surface area contributed by atoms with Crippen LogP contribution in [0.25, 0.3) is 11.3 Å². The van der Waals surface area contributed by atoms with Crippen LogP contribution in [0.3, 0.4) is 0 Å². The van der Waals surface area contributed by atoms with Gasteiger partial charge in [0.05, 0.1) is 17.4 Å². The lowest BCUT2D eigenvalue weighted by Gasteiger charge is -2.27. The van der Waals surface area contributed by atoms with Crippen molar-refractivity contribution in [2.75, 3.05) is 17.2 Å². The second kappa shape index (κ2) is 7.95. The van der Waals surface area contributed by atoms with Crippen molar-refractivity contribution in [2.24, 2.45) is 11.8 Å². The summed E-state index contributed by atoms with van der Waals surface area (Å²) in [5, 5.41) is 16.4. The molecule has 2 aromatic heterocycles. The minimum Gasteiger partial charge on any atom is -0.393 e. The van der Waals surface area contributed by atoms with E-state index >= 15 is 0 Å². The molecule has 0 aromatic carbocycles. The molecule has 0 saturated heterocycles. The Labute approximate surface area is 162 Å². The third-order valence-corrected chi connectivity index (χ3v) is 5.85. The van der Waals surface area contributed by atoms with Crippen LogP contribution >= 0.6 is 0 Å². The number of nitrogens with zero attached hydrogens (tertiary/aromatic N) is 3. The molecule has 150 valence electrons. The van der Waals surface area contributed by atoms with Crippen molar-refractivity contribution in [1.29, 1.82) is 0 Å². The zero-order chi connectivity index (χ0) is 19.7. The largest absolute Gasteiger partial charge is 0.393 e. The van der Waals surface area contributed by atoms with E-state index in [1.165, 1.54) is 6.07 Å². The first kappa shape index (κ1) is 19.0. The number of alkyl halides is 1. The maximum absolute atomic E-state index is 13.6. The lowest BCUT2D eigenvalue weighted by Crippen LogP contribution is -2.31. The number of anilines is 2. The summed E-state index contributed by atoms with van der Waals surface area (Å²) in [5.74, 6) is 0.998. The maximum atomic E-state index is 13.6. The van der Waals surface area contributed by atoms with Gasteiger partial charge in [-0.3, -0.25) is 0 Å². The molecule has 2 fully saturated rings. The molecule has 0 radical (unpaired) electrons. The van der Waals surface area contributed by atoms with Crippen molar-refractivity contribution in [1.82, 2.24) is 15.0 Å². The van der Waals surface area contributed by atoms with Gasteiger partial charge >= 0.3 is 0 Å². The normalized spacial score (nSPS) is 27.0. The molecule has 3 N–H and O–H groups in total. The Balaban J connectivity index is 1.60. The summed E-state index contributed by atoms with van der Waals surface area (Å²) in [6.07, 6.45) is 3.46. The summed E-state index contributed by atoms with van der Waals surface area (Å²) in [5.41, 5.74) is 1.04. The molecule has 0 amide bonds. The fourth-order valence-corrected chi connectivity index (χ4v) is 4.27. The van der Waals surface area contributed by atoms with Crippen LogP contribution in [0.1, 0.15) is 32.6 Å². The molecule has 2 aliphatic rings. The van der Waals surface area contributed by atoms with Crippen molar-refractivity contribution >= 4 is 11.8 Å². The van der Waals surface area contributed by atoms with E-state index in [-0.39, 0.29) is 18.7 Å². The molecule has 28 heavy (non-hydrogen) atoms. The highest BCUT2D eigenvalue weighted by Gasteiger charge is 2.45. The second-order valence-electron chi connectivity index (χ2n) is 7.73. The first-order valence-electron chi connectivity index (χ1n) is 9.86. The molecule has 2 bridgehead atoms. The Morgan fingerprint density at radius 3 is 2.75 bits per heavy atom. The Hall–Kier alpha value is -2.35. The smallest absolute Gasteiger partial charge is 0.224 e. The molecule has 2 aliphatic carbocycles. The molecular formula is C20H25F2N5O. The van der Waals surface area contributed by atoms with Gasteiger partial charge in [-0.1, -0.05) is 13.0 Å². The molecule has 0 aliphatic heterocycles. The first-order chi connectivity index (χ1) is 13.5. The molecule has 4 unspecified atom stereocenters. The number of hydrogen-bond acceptors (Lipinski definition) is 6. The Bertz CT molecular complexity index is 834. The van der Waals surface area contributed by atoms with Crippen molar-refractivity contribution in [3.63, 3.8) is 0 Å². The van der Waals surface area contributed by atoms with E-state index in [0.717, 1.165) is 19.3 Å². The summed E-state index contributed by atoms with van der Waals surface area (Å²) in [7, 11) is 0. The van der Waals surface area contributed by atoms with Crippen LogP contribution in [-0.4, -0.2) is 44.9 Å². The number of rotatable bonds is 7. The molecule has 4 rings (SSSR count). The monoisotopic (exact) mass is 389 g/mol. The third-order valence-electron chi connectivity index (χ3n) is 5.85. The van der Waals surface area contributed by atoms with E-state index in [1.54, 1.807) is 25.3 Å². The van der Waals surface area contributed by atoms with Gasteiger partial charge in [-0.15, -0.1) is 0 Å². The minimum absolute atomic E-state index is 0.133. The summed E-state index contributed by atoms with van der Waals surface area (Å²) in [6.45, 7) is 1.91. The highest BCUT2D eigenvalue weighted by Crippen LogP contribution is 2.46. The summed E-state index contributed by atoms with van der Waals surface area (Å²) < 4.78 is 27.2. The Kier molecular flexibility index (Phi) is 5.39. The van der Waals surface area contributed by atoms with Crippen LogP contribution < -0.4 is 10.6 Å². The fourth-order valence-electron chi connectivity index (χ4n) is 4.27. The van der Waals surface area contributed by atoms with Gasteiger partial charge in [0, 0.05) is 18.8 Å². The van der Waals surface area contributed by atoms with E-state index in [9.17, 15) is 13.9 Å². The Morgan fingerprint density at radius 1 is 1.21 bits per heavy atom. The Morgan fingerprint density at radius 2 is 2.07 bits per heavy atom. The molecule has 2 aromatic rings.